The standard InChI is InChI=1S/C14H16N2O5/c1-9(17)15-11-7-5-4-6-10(11)13(19)14(20)16(2)8-12(18)21-3/h4-7H,8H2,1-3H3,(H,15,17). The lowest BCUT2D eigenvalue weighted by atomic mass is 10.1. The maximum absolute atomic E-state index is 12.2. The Kier molecular flexibility index (Phi) is 5.59. The van der Waals surface area contributed by atoms with Crippen molar-refractivity contribution in [3.05, 3.63) is 29.8 Å². The van der Waals surface area contributed by atoms with Gasteiger partial charge in [0.25, 0.3) is 11.7 Å². The molecule has 0 aromatic heterocycles. The molecule has 0 saturated heterocycles. The van der Waals surface area contributed by atoms with Crippen LogP contribution in [0.3, 0.4) is 0 Å². The van der Waals surface area contributed by atoms with E-state index < -0.39 is 17.7 Å². The number of esters is 1. The van der Waals surface area contributed by atoms with Gasteiger partial charge in [0.15, 0.2) is 0 Å². The number of nitrogens with one attached hydrogen (secondary N) is 1. The molecule has 0 unspecified atom stereocenters. The molecule has 2 amide bonds. The molecule has 0 bridgehead atoms. The molecule has 1 aromatic rings. The Bertz CT molecular complexity index is 582. The van der Waals surface area contributed by atoms with Gasteiger partial charge in [-0.3, -0.25) is 19.2 Å². The molecule has 0 aliphatic carbocycles. The van der Waals surface area contributed by atoms with Crippen molar-refractivity contribution in [2.45, 2.75) is 6.92 Å². The smallest absolute Gasteiger partial charge is 0.325 e. The second-order valence-electron chi connectivity index (χ2n) is 4.29. The van der Waals surface area contributed by atoms with Crippen LogP contribution in [-0.2, 0) is 19.1 Å². The zero-order chi connectivity index (χ0) is 16.0. The van der Waals surface area contributed by atoms with E-state index in [0.717, 1.165) is 4.90 Å². The zero-order valence-corrected chi connectivity index (χ0v) is 12.0. The van der Waals surface area contributed by atoms with Crippen LogP contribution in [0.25, 0.3) is 0 Å². The Morgan fingerprint density at radius 2 is 1.81 bits per heavy atom. The van der Waals surface area contributed by atoms with Gasteiger partial charge in [0, 0.05) is 14.0 Å². The van der Waals surface area contributed by atoms with Crippen molar-refractivity contribution in [1.29, 1.82) is 0 Å². The summed E-state index contributed by atoms with van der Waals surface area (Å²) in [5, 5.41) is 2.48. The predicted octanol–water partition coefficient (Wildman–Crippen LogP) is 0.459. The molecule has 112 valence electrons. The van der Waals surface area contributed by atoms with E-state index in [-0.39, 0.29) is 23.7 Å². The molecule has 1 aromatic carbocycles. The van der Waals surface area contributed by atoms with Crippen LogP contribution in [0.2, 0.25) is 0 Å². The number of anilines is 1. The number of hydrogen-bond acceptors (Lipinski definition) is 5. The molecule has 0 radical (unpaired) electrons. The van der Waals surface area contributed by atoms with Crippen LogP contribution in [0, 0.1) is 0 Å². The highest BCUT2D eigenvalue weighted by molar-refractivity contribution is 6.44. The number of benzene rings is 1. The number of likely N-dealkylation sites (N-methyl/N-ethyl adjacent to an activating group) is 1. The number of nitrogens with zero attached hydrogens (tertiary/aromatic N) is 1. The molecule has 21 heavy (non-hydrogen) atoms. The number of ether oxygens (including phenoxy) is 1. The first kappa shape index (κ1) is 16.4. The highest BCUT2D eigenvalue weighted by atomic mass is 16.5. The molecule has 0 aliphatic rings. The molecule has 0 fully saturated rings. The number of Topliss-reactive ketones (excluding diaryl/α,β-unsaturated/α-hetero) is 1. The second-order valence-corrected chi connectivity index (χ2v) is 4.29. The van der Waals surface area contributed by atoms with Crippen molar-refractivity contribution >= 4 is 29.3 Å². The SMILES string of the molecule is COC(=O)CN(C)C(=O)C(=O)c1ccccc1NC(C)=O. The third kappa shape index (κ3) is 4.41. The van der Waals surface area contributed by atoms with Crippen LogP contribution in [0.4, 0.5) is 5.69 Å². The molecule has 7 heteroatoms. The molecular formula is C14H16N2O5. The lowest BCUT2D eigenvalue weighted by Crippen LogP contribution is -2.37. The van der Waals surface area contributed by atoms with Crippen LogP contribution < -0.4 is 5.32 Å². The van der Waals surface area contributed by atoms with Crippen LogP contribution >= 0.6 is 0 Å². The van der Waals surface area contributed by atoms with Gasteiger partial charge in [0.05, 0.1) is 18.4 Å². The van der Waals surface area contributed by atoms with E-state index in [1.807, 2.05) is 0 Å². The molecule has 0 atom stereocenters. The Balaban J connectivity index is 2.95. The van der Waals surface area contributed by atoms with Crippen molar-refractivity contribution in [3.8, 4) is 0 Å². The minimum Gasteiger partial charge on any atom is -0.468 e. The van der Waals surface area contributed by atoms with E-state index in [4.69, 9.17) is 0 Å². The first-order valence-electron chi connectivity index (χ1n) is 6.10. The molecule has 0 saturated carbocycles. The number of carbonyl (C=O) groups is 4. The van der Waals surface area contributed by atoms with Crippen molar-refractivity contribution in [2.75, 3.05) is 26.0 Å². The number of ketones is 1. The molecule has 7 nitrogen and oxygen atoms in total. The van der Waals surface area contributed by atoms with E-state index >= 15 is 0 Å². The largest absolute Gasteiger partial charge is 0.468 e. The van der Waals surface area contributed by atoms with Crippen molar-refractivity contribution in [3.63, 3.8) is 0 Å². The summed E-state index contributed by atoms with van der Waals surface area (Å²) >= 11 is 0. The van der Waals surface area contributed by atoms with Crippen molar-refractivity contribution < 1.29 is 23.9 Å². The quantitative estimate of drug-likeness (QED) is 0.483. The monoisotopic (exact) mass is 292 g/mol. The first-order valence-corrected chi connectivity index (χ1v) is 6.10. The van der Waals surface area contributed by atoms with Gasteiger partial charge in [0.2, 0.25) is 5.91 Å². The number of hydrogen-bond donors (Lipinski definition) is 1. The number of amides is 2. The minimum atomic E-state index is -0.863. The summed E-state index contributed by atoms with van der Waals surface area (Å²) in [4.78, 5) is 47.3. The zero-order valence-electron chi connectivity index (χ0n) is 12.0. The molecule has 1 N–H and O–H groups in total. The van der Waals surface area contributed by atoms with E-state index in [9.17, 15) is 19.2 Å². The van der Waals surface area contributed by atoms with Crippen LogP contribution in [-0.4, -0.2) is 49.2 Å². The van der Waals surface area contributed by atoms with Crippen LogP contribution in [0.5, 0.6) is 0 Å². The molecular weight excluding hydrogens is 276 g/mol. The Labute approximate surface area is 121 Å². The fourth-order valence-corrected chi connectivity index (χ4v) is 1.60. The summed E-state index contributed by atoms with van der Waals surface area (Å²) in [6, 6.07) is 6.15. The van der Waals surface area contributed by atoms with E-state index in [1.165, 1.54) is 33.2 Å². The van der Waals surface area contributed by atoms with Gasteiger partial charge in [-0.05, 0) is 12.1 Å². The van der Waals surface area contributed by atoms with Gasteiger partial charge in [-0.15, -0.1) is 0 Å². The van der Waals surface area contributed by atoms with Gasteiger partial charge in [-0.25, -0.2) is 0 Å². The number of para-hydroxylation sites is 1. The molecule has 0 heterocycles. The second kappa shape index (κ2) is 7.18. The normalized spacial score (nSPS) is 9.67. The average Bonchev–Trinajstić information content (AvgIpc) is 2.45. The van der Waals surface area contributed by atoms with E-state index in [2.05, 4.69) is 10.1 Å². The Hall–Kier alpha value is -2.70. The first-order chi connectivity index (χ1) is 9.86. The van der Waals surface area contributed by atoms with E-state index in [1.54, 1.807) is 12.1 Å². The van der Waals surface area contributed by atoms with Gasteiger partial charge in [-0.1, -0.05) is 12.1 Å². The van der Waals surface area contributed by atoms with Gasteiger partial charge >= 0.3 is 5.97 Å². The lowest BCUT2D eigenvalue weighted by Gasteiger charge is -2.15. The summed E-state index contributed by atoms with van der Waals surface area (Å²) in [6.07, 6.45) is 0. The van der Waals surface area contributed by atoms with Gasteiger partial charge in [-0.2, -0.15) is 0 Å². The highest BCUT2D eigenvalue weighted by Gasteiger charge is 2.24. The summed E-state index contributed by atoms with van der Waals surface area (Å²) in [6.45, 7) is 0.968. The van der Waals surface area contributed by atoms with Gasteiger partial charge < -0.3 is 15.0 Å². The number of rotatable bonds is 5. The Morgan fingerprint density at radius 3 is 2.38 bits per heavy atom. The average molecular weight is 292 g/mol. The summed E-state index contributed by atoms with van der Waals surface area (Å²) < 4.78 is 4.43. The minimum absolute atomic E-state index is 0.0643. The summed E-state index contributed by atoms with van der Waals surface area (Å²) in [5.41, 5.74) is 0.309. The number of carbonyl (C=O) groups excluding carboxylic acids is 4. The van der Waals surface area contributed by atoms with Gasteiger partial charge in [0.1, 0.15) is 6.54 Å². The van der Waals surface area contributed by atoms with Crippen molar-refractivity contribution in [2.24, 2.45) is 0 Å². The van der Waals surface area contributed by atoms with Crippen LogP contribution in [0.1, 0.15) is 17.3 Å². The maximum Gasteiger partial charge on any atom is 0.325 e. The Morgan fingerprint density at radius 1 is 1.19 bits per heavy atom. The molecule has 0 spiro atoms. The number of methoxy groups -OCH3 is 1. The fourth-order valence-electron chi connectivity index (χ4n) is 1.60. The summed E-state index contributed by atoms with van der Waals surface area (Å²) in [7, 11) is 2.51. The molecule has 1 rings (SSSR count). The van der Waals surface area contributed by atoms with Crippen molar-refractivity contribution in [1.82, 2.24) is 4.90 Å². The third-order valence-electron chi connectivity index (χ3n) is 2.62. The highest BCUT2D eigenvalue weighted by Crippen LogP contribution is 2.16. The van der Waals surface area contributed by atoms with Crippen LogP contribution in [0.15, 0.2) is 24.3 Å². The summed E-state index contributed by atoms with van der Waals surface area (Å²) in [5.74, 6) is -2.66. The van der Waals surface area contributed by atoms with E-state index in [0.29, 0.717) is 0 Å². The predicted molar refractivity (Wildman–Crippen MR) is 74.7 cm³/mol. The maximum atomic E-state index is 12.2. The molecule has 0 aliphatic heterocycles. The fraction of sp³-hybridized carbons (Fsp3) is 0.286. The third-order valence-corrected chi connectivity index (χ3v) is 2.62. The topological polar surface area (TPSA) is 92.8 Å². The lowest BCUT2D eigenvalue weighted by molar-refractivity contribution is -0.144.